The van der Waals surface area contributed by atoms with Crippen LogP contribution < -0.4 is 10.9 Å². The number of nitrogens with one attached hydrogen (secondary N) is 1. The van der Waals surface area contributed by atoms with Crippen LogP contribution in [0.15, 0.2) is 28.1 Å². The lowest BCUT2D eigenvalue weighted by Crippen LogP contribution is -2.28. The number of nitrogens with zero attached hydrogens (tertiary/aromatic N) is 2. The number of hydrogen-bond acceptors (Lipinski definition) is 5. The van der Waals surface area contributed by atoms with E-state index < -0.39 is 5.97 Å². The van der Waals surface area contributed by atoms with E-state index in [1.807, 2.05) is 0 Å². The molecule has 1 heterocycles. The molecule has 0 saturated carbocycles. The molecule has 1 N–H and O–H groups in total. The number of aromatic nitrogens is 2. The van der Waals surface area contributed by atoms with Gasteiger partial charge in [0, 0.05) is 6.54 Å². The zero-order chi connectivity index (χ0) is 13.5. The summed E-state index contributed by atoms with van der Waals surface area (Å²) in [5, 5.41) is 6.93. The molecule has 0 bridgehead atoms. The van der Waals surface area contributed by atoms with Gasteiger partial charge in [-0.3, -0.25) is 9.59 Å². The van der Waals surface area contributed by atoms with Crippen LogP contribution in [0.2, 0.25) is 0 Å². The Hall–Kier alpha value is -1.63. The van der Waals surface area contributed by atoms with E-state index in [0.717, 1.165) is 11.1 Å². The Morgan fingerprint density at radius 1 is 1.72 bits per heavy atom. The number of carbonyl (C=O) groups excluding carboxylic acids is 1. The van der Waals surface area contributed by atoms with Crippen molar-refractivity contribution in [3.63, 3.8) is 0 Å². The van der Waals surface area contributed by atoms with Crippen LogP contribution in [0.1, 0.15) is 6.42 Å². The summed E-state index contributed by atoms with van der Waals surface area (Å²) in [6, 6.07) is 0. The van der Waals surface area contributed by atoms with Gasteiger partial charge in [-0.25, -0.2) is 4.68 Å². The van der Waals surface area contributed by atoms with Gasteiger partial charge in [-0.05, 0) is 22.4 Å². The maximum atomic E-state index is 11.9. The zero-order valence-electron chi connectivity index (χ0n) is 9.98. The number of methoxy groups -OCH3 is 1. The molecular formula is C11H14BrN3O3. The van der Waals surface area contributed by atoms with Gasteiger partial charge in [-0.1, -0.05) is 6.08 Å². The maximum absolute atomic E-state index is 11.9. The smallest absolute Gasteiger partial charge is 0.327 e. The Kier molecular flexibility index (Phi) is 5.57. The topological polar surface area (TPSA) is 73.2 Å². The number of hydrogen-bond donors (Lipinski definition) is 1. The van der Waals surface area contributed by atoms with E-state index in [-0.39, 0.29) is 12.1 Å². The van der Waals surface area contributed by atoms with Crippen LogP contribution in [-0.2, 0) is 16.1 Å². The molecule has 0 spiro atoms. The second-order valence-electron chi connectivity index (χ2n) is 3.42. The zero-order valence-corrected chi connectivity index (χ0v) is 11.6. The van der Waals surface area contributed by atoms with Crippen LogP contribution in [0.4, 0.5) is 5.69 Å². The van der Waals surface area contributed by atoms with Crippen LogP contribution in [-0.4, -0.2) is 29.4 Å². The number of anilines is 1. The number of rotatable bonds is 6. The van der Waals surface area contributed by atoms with Crippen molar-refractivity contribution in [2.24, 2.45) is 0 Å². The van der Waals surface area contributed by atoms with Crippen LogP contribution >= 0.6 is 15.9 Å². The van der Waals surface area contributed by atoms with Gasteiger partial charge in [0.05, 0.1) is 19.0 Å². The number of halogens is 1. The first-order valence-corrected chi connectivity index (χ1v) is 6.06. The first-order valence-electron chi connectivity index (χ1n) is 5.27. The molecule has 0 radical (unpaired) electrons. The van der Waals surface area contributed by atoms with E-state index in [2.05, 4.69) is 37.7 Å². The fourth-order valence-corrected chi connectivity index (χ4v) is 1.64. The highest BCUT2D eigenvalue weighted by Crippen LogP contribution is 2.15. The molecule has 0 unspecified atom stereocenters. The van der Waals surface area contributed by atoms with Crippen molar-refractivity contribution < 1.29 is 9.53 Å². The number of ether oxygens (including phenoxy) is 1. The van der Waals surface area contributed by atoms with E-state index in [4.69, 9.17) is 0 Å². The molecule has 0 saturated heterocycles. The third kappa shape index (κ3) is 3.69. The minimum absolute atomic E-state index is 0.207. The van der Waals surface area contributed by atoms with Crippen molar-refractivity contribution in [1.29, 1.82) is 0 Å². The molecule has 0 atom stereocenters. The van der Waals surface area contributed by atoms with E-state index in [9.17, 15) is 9.59 Å². The Morgan fingerprint density at radius 2 is 2.44 bits per heavy atom. The van der Waals surface area contributed by atoms with Crippen molar-refractivity contribution in [3.05, 3.63) is 33.7 Å². The molecule has 0 aliphatic rings. The van der Waals surface area contributed by atoms with Gasteiger partial charge in [0.15, 0.2) is 0 Å². The lowest BCUT2D eigenvalue weighted by atomic mass is 10.4. The van der Waals surface area contributed by atoms with Gasteiger partial charge >= 0.3 is 5.97 Å². The molecule has 0 aromatic carbocycles. The van der Waals surface area contributed by atoms with Crippen molar-refractivity contribution in [1.82, 2.24) is 9.78 Å². The van der Waals surface area contributed by atoms with Crippen molar-refractivity contribution in [3.8, 4) is 0 Å². The standard InChI is InChI=1S/C11H14BrN3O3/c1-3-4-5-13-8-6-14-15(7-9(16)18-2)11(17)10(8)12/h3,6,13H,1,4-5,7H2,2H3. The highest BCUT2D eigenvalue weighted by atomic mass is 79.9. The number of carbonyl (C=O) groups is 1. The predicted molar refractivity (Wildman–Crippen MR) is 71.5 cm³/mol. The van der Waals surface area contributed by atoms with Gasteiger partial charge in [0.1, 0.15) is 11.0 Å². The summed E-state index contributed by atoms with van der Waals surface area (Å²) >= 11 is 3.18. The fraction of sp³-hybridized carbons (Fsp3) is 0.364. The van der Waals surface area contributed by atoms with Crippen LogP contribution in [0, 0.1) is 0 Å². The molecule has 98 valence electrons. The quantitative estimate of drug-likeness (QED) is 0.484. The average Bonchev–Trinajstić information content (AvgIpc) is 2.37. The summed E-state index contributed by atoms with van der Waals surface area (Å²) in [5.74, 6) is -0.524. The predicted octanol–water partition coefficient (Wildman–Crippen LogP) is 1.17. The minimum Gasteiger partial charge on any atom is -0.468 e. The Labute approximate surface area is 113 Å². The Bertz CT molecular complexity index is 499. The summed E-state index contributed by atoms with van der Waals surface area (Å²) in [6.45, 7) is 4.05. The summed E-state index contributed by atoms with van der Waals surface area (Å²) in [7, 11) is 1.26. The highest BCUT2D eigenvalue weighted by molar-refractivity contribution is 9.10. The van der Waals surface area contributed by atoms with Gasteiger partial charge in [-0.2, -0.15) is 5.10 Å². The second kappa shape index (κ2) is 6.95. The van der Waals surface area contributed by atoms with E-state index in [1.165, 1.54) is 13.3 Å². The van der Waals surface area contributed by atoms with Crippen LogP contribution in [0.5, 0.6) is 0 Å². The van der Waals surface area contributed by atoms with Gasteiger partial charge in [0.2, 0.25) is 0 Å². The molecular weight excluding hydrogens is 302 g/mol. The summed E-state index contributed by atoms with van der Waals surface area (Å²) in [6.07, 6.45) is 4.03. The third-order valence-electron chi connectivity index (χ3n) is 2.16. The molecule has 6 nitrogen and oxygen atoms in total. The van der Waals surface area contributed by atoms with Crippen LogP contribution in [0.25, 0.3) is 0 Å². The van der Waals surface area contributed by atoms with Crippen molar-refractivity contribution in [2.45, 2.75) is 13.0 Å². The first-order chi connectivity index (χ1) is 8.60. The summed E-state index contributed by atoms with van der Waals surface area (Å²) in [4.78, 5) is 22.9. The molecule has 0 aliphatic heterocycles. The highest BCUT2D eigenvalue weighted by Gasteiger charge is 2.11. The molecule has 1 aromatic heterocycles. The normalized spacial score (nSPS) is 9.89. The van der Waals surface area contributed by atoms with Gasteiger partial charge in [-0.15, -0.1) is 6.58 Å². The van der Waals surface area contributed by atoms with Crippen molar-refractivity contribution >= 4 is 27.6 Å². The SMILES string of the molecule is C=CCCNc1cnn(CC(=O)OC)c(=O)c1Br. The van der Waals surface area contributed by atoms with E-state index in [1.54, 1.807) is 6.08 Å². The summed E-state index contributed by atoms with van der Waals surface area (Å²) < 4.78 is 5.85. The second-order valence-corrected chi connectivity index (χ2v) is 4.21. The van der Waals surface area contributed by atoms with E-state index >= 15 is 0 Å². The van der Waals surface area contributed by atoms with Crippen molar-refractivity contribution in [2.75, 3.05) is 19.0 Å². The first kappa shape index (κ1) is 14.4. The maximum Gasteiger partial charge on any atom is 0.327 e. The molecule has 1 aromatic rings. The van der Waals surface area contributed by atoms with Crippen LogP contribution in [0.3, 0.4) is 0 Å². The molecule has 18 heavy (non-hydrogen) atoms. The number of esters is 1. The molecule has 0 amide bonds. The molecule has 1 rings (SSSR count). The largest absolute Gasteiger partial charge is 0.468 e. The Morgan fingerprint density at radius 3 is 3.06 bits per heavy atom. The third-order valence-corrected chi connectivity index (χ3v) is 2.92. The average molecular weight is 316 g/mol. The lowest BCUT2D eigenvalue weighted by molar-refractivity contribution is -0.141. The molecule has 7 heteroatoms. The monoisotopic (exact) mass is 315 g/mol. The van der Waals surface area contributed by atoms with E-state index in [0.29, 0.717) is 16.7 Å². The van der Waals surface area contributed by atoms with Gasteiger partial charge in [0.25, 0.3) is 5.56 Å². The summed E-state index contributed by atoms with van der Waals surface area (Å²) in [5.41, 5.74) is 0.201. The van der Waals surface area contributed by atoms with Gasteiger partial charge < -0.3 is 10.1 Å². The molecule has 0 aliphatic carbocycles. The molecule has 0 fully saturated rings. The lowest BCUT2D eigenvalue weighted by Gasteiger charge is -2.09. The Balaban J connectivity index is 2.87. The minimum atomic E-state index is -0.524. The fourth-order valence-electron chi connectivity index (χ4n) is 1.20.